The van der Waals surface area contributed by atoms with Gasteiger partial charge in [-0.1, -0.05) is 59.6 Å². The second kappa shape index (κ2) is 10.7. The van der Waals surface area contributed by atoms with Gasteiger partial charge in [-0.05, 0) is 42.0 Å². The molecular formula is C32H21Cl2N3O4. The van der Waals surface area contributed by atoms with E-state index in [0.717, 1.165) is 39.5 Å². The van der Waals surface area contributed by atoms with Gasteiger partial charge in [-0.2, -0.15) is 0 Å². The first kappa shape index (κ1) is 26.5. The Balaban J connectivity index is 1.44. The summed E-state index contributed by atoms with van der Waals surface area (Å²) in [6.07, 6.45) is 3.82. The summed E-state index contributed by atoms with van der Waals surface area (Å²) >= 11 is 14.0. The minimum absolute atomic E-state index is 0.163. The van der Waals surface area contributed by atoms with Gasteiger partial charge in [0.25, 0.3) is 5.56 Å². The van der Waals surface area contributed by atoms with Gasteiger partial charge < -0.3 is 9.47 Å². The second-order valence-electron chi connectivity index (χ2n) is 9.18. The van der Waals surface area contributed by atoms with Crippen LogP contribution < -0.4 is 15.0 Å². The summed E-state index contributed by atoms with van der Waals surface area (Å²) in [6, 6.07) is 22.2. The monoisotopic (exact) mass is 581 g/mol. The third-order valence-electron chi connectivity index (χ3n) is 6.96. The van der Waals surface area contributed by atoms with Crippen LogP contribution in [0.1, 0.15) is 10.4 Å². The average Bonchev–Trinajstić information content (AvgIpc) is 3.00. The Bertz CT molecular complexity index is 2060. The molecule has 0 saturated carbocycles. The molecule has 0 spiro atoms. The van der Waals surface area contributed by atoms with E-state index in [1.54, 1.807) is 24.4 Å². The minimum Gasteiger partial charge on any atom is -0.495 e. The number of pyridine rings is 2. The topological polar surface area (TPSA) is 82.8 Å². The maximum atomic E-state index is 12.6. The van der Waals surface area contributed by atoms with Crippen molar-refractivity contribution < 1.29 is 14.3 Å². The minimum atomic E-state index is -0.294. The van der Waals surface area contributed by atoms with Crippen molar-refractivity contribution in [2.24, 2.45) is 0 Å². The summed E-state index contributed by atoms with van der Waals surface area (Å²) in [5.74, 6) is 0.642. The van der Waals surface area contributed by atoms with Crippen molar-refractivity contribution in [1.29, 1.82) is 0 Å². The van der Waals surface area contributed by atoms with Crippen LogP contribution in [0.3, 0.4) is 0 Å². The van der Waals surface area contributed by atoms with Gasteiger partial charge in [0, 0.05) is 33.8 Å². The standard InChI is InChI=1S/C32H21Cl2N3O4/c1-40-27-16-35-28-15-18(13-14-37(28)32(27)39)20-5-3-6-21(29(20)33)22-7-4-8-23(30(22)34)25-12-10-24-26(36-25)11-9-19(17-38)31(24)41-2/h3-17H,1-2H3. The number of ether oxygens (including phenoxy) is 2. The van der Waals surface area contributed by atoms with Crippen LogP contribution in [-0.4, -0.2) is 34.9 Å². The summed E-state index contributed by atoms with van der Waals surface area (Å²) in [4.78, 5) is 33.1. The van der Waals surface area contributed by atoms with Crippen molar-refractivity contribution >= 4 is 46.0 Å². The molecule has 0 aliphatic carbocycles. The summed E-state index contributed by atoms with van der Waals surface area (Å²) in [5, 5.41) is 1.73. The number of aromatic nitrogens is 3. The van der Waals surface area contributed by atoms with Gasteiger partial charge in [0.1, 0.15) is 11.4 Å². The predicted octanol–water partition coefficient (Wildman–Crippen LogP) is 7.38. The van der Waals surface area contributed by atoms with Crippen LogP contribution in [0.5, 0.6) is 11.5 Å². The first-order valence-corrected chi connectivity index (χ1v) is 13.3. The number of aldehydes is 1. The Labute approximate surface area is 244 Å². The molecule has 0 amide bonds. The molecular weight excluding hydrogens is 561 g/mol. The molecule has 0 N–H and O–H groups in total. The first-order chi connectivity index (χ1) is 19.9. The fraction of sp³-hybridized carbons (Fsp3) is 0.0625. The predicted molar refractivity (Wildman–Crippen MR) is 162 cm³/mol. The fourth-order valence-corrected chi connectivity index (χ4v) is 5.59. The first-order valence-electron chi connectivity index (χ1n) is 12.5. The van der Waals surface area contributed by atoms with E-state index in [0.29, 0.717) is 38.2 Å². The lowest BCUT2D eigenvalue weighted by Gasteiger charge is -2.15. The highest BCUT2D eigenvalue weighted by atomic mass is 35.5. The fourth-order valence-electron chi connectivity index (χ4n) is 4.93. The molecule has 3 heterocycles. The Morgan fingerprint density at radius 3 is 2.24 bits per heavy atom. The van der Waals surface area contributed by atoms with E-state index in [9.17, 15) is 9.59 Å². The third-order valence-corrected chi connectivity index (χ3v) is 7.77. The molecule has 0 unspecified atom stereocenters. The lowest BCUT2D eigenvalue weighted by atomic mass is 9.97. The molecule has 0 atom stereocenters. The van der Waals surface area contributed by atoms with Crippen LogP contribution in [0.2, 0.25) is 10.0 Å². The molecule has 0 aliphatic rings. The number of hydrogen-bond acceptors (Lipinski definition) is 6. The molecule has 3 aromatic heterocycles. The maximum absolute atomic E-state index is 12.6. The van der Waals surface area contributed by atoms with Crippen molar-refractivity contribution in [3.63, 3.8) is 0 Å². The van der Waals surface area contributed by atoms with E-state index in [2.05, 4.69) is 4.98 Å². The van der Waals surface area contributed by atoms with Crippen molar-refractivity contribution in [3.05, 3.63) is 111 Å². The summed E-state index contributed by atoms with van der Waals surface area (Å²) in [6.45, 7) is 0. The molecule has 3 aromatic carbocycles. The van der Waals surface area contributed by atoms with E-state index < -0.39 is 0 Å². The normalized spacial score (nSPS) is 11.1. The van der Waals surface area contributed by atoms with Crippen molar-refractivity contribution in [1.82, 2.24) is 14.4 Å². The molecule has 9 heteroatoms. The molecule has 7 nitrogen and oxygen atoms in total. The number of carbonyl (C=O) groups is 1. The number of fused-ring (bicyclic) bond motifs is 2. The highest BCUT2D eigenvalue weighted by molar-refractivity contribution is 6.39. The highest BCUT2D eigenvalue weighted by Crippen LogP contribution is 2.42. The Kier molecular flexibility index (Phi) is 6.91. The molecule has 0 saturated heterocycles. The average molecular weight is 582 g/mol. The van der Waals surface area contributed by atoms with E-state index in [-0.39, 0.29) is 11.3 Å². The molecule has 0 bridgehead atoms. The third kappa shape index (κ3) is 4.49. The number of hydrogen-bond donors (Lipinski definition) is 0. The van der Waals surface area contributed by atoms with Crippen molar-refractivity contribution in [3.8, 4) is 45.0 Å². The van der Waals surface area contributed by atoms with Gasteiger partial charge in [-0.3, -0.25) is 14.0 Å². The van der Waals surface area contributed by atoms with Gasteiger partial charge in [-0.25, -0.2) is 9.97 Å². The number of halogens is 2. The van der Waals surface area contributed by atoms with Crippen LogP contribution >= 0.6 is 23.2 Å². The SMILES string of the molecule is COc1cnc2cc(-c3cccc(-c4cccc(-c5ccc6c(OC)c(C=O)ccc6n5)c4Cl)c3Cl)ccn2c1=O. The molecule has 6 aromatic rings. The summed E-state index contributed by atoms with van der Waals surface area (Å²) < 4.78 is 12.0. The van der Waals surface area contributed by atoms with E-state index >= 15 is 0 Å². The zero-order valence-corrected chi connectivity index (χ0v) is 23.4. The number of benzene rings is 3. The largest absolute Gasteiger partial charge is 0.495 e. The van der Waals surface area contributed by atoms with Gasteiger partial charge in [0.2, 0.25) is 5.75 Å². The molecule has 0 fully saturated rings. The highest BCUT2D eigenvalue weighted by Gasteiger charge is 2.17. The zero-order chi connectivity index (χ0) is 28.7. The van der Waals surface area contributed by atoms with Crippen LogP contribution in [-0.2, 0) is 0 Å². The van der Waals surface area contributed by atoms with Crippen LogP contribution in [0, 0.1) is 0 Å². The van der Waals surface area contributed by atoms with Gasteiger partial charge in [-0.15, -0.1) is 0 Å². The number of rotatable bonds is 6. The number of carbonyl (C=O) groups excluding carboxylic acids is 1. The molecule has 202 valence electrons. The molecule has 41 heavy (non-hydrogen) atoms. The number of nitrogens with zero attached hydrogens (tertiary/aromatic N) is 3. The van der Waals surface area contributed by atoms with E-state index in [4.69, 9.17) is 37.7 Å². The second-order valence-corrected chi connectivity index (χ2v) is 9.93. The molecule has 0 radical (unpaired) electrons. The summed E-state index contributed by atoms with van der Waals surface area (Å²) in [5.41, 5.74) is 5.74. The van der Waals surface area contributed by atoms with Gasteiger partial charge in [0.15, 0.2) is 6.29 Å². The molecule has 6 rings (SSSR count). The van der Waals surface area contributed by atoms with Crippen LogP contribution in [0.4, 0.5) is 0 Å². The van der Waals surface area contributed by atoms with E-state index in [1.165, 1.54) is 24.8 Å². The smallest absolute Gasteiger partial charge is 0.300 e. The maximum Gasteiger partial charge on any atom is 0.300 e. The van der Waals surface area contributed by atoms with Crippen LogP contribution in [0.25, 0.3) is 50.1 Å². The van der Waals surface area contributed by atoms with Gasteiger partial charge in [0.05, 0.1) is 47.2 Å². The Morgan fingerprint density at radius 1 is 0.829 bits per heavy atom. The van der Waals surface area contributed by atoms with Crippen LogP contribution in [0.15, 0.2) is 90.0 Å². The summed E-state index contributed by atoms with van der Waals surface area (Å²) in [7, 11) is 2.96. The van der Waals surface area contributed by atoms with Crippen molar-refractivity contribution in [2.45, 2.75) is 0 Å². The number of methoxy groups -OCH3 is 2. The lowest BCUT2D eigenvalue weighted by Crippen LogP contribution is -2.16. The zero-order valence-electron chi connectivity index (χ0n) is 21.9. The molecule has 0 aliphatic heterocycles. The Morgan fingerprint density at radius 2 is 1.54 bits per heavy atom. The lowest BCUT2D eigenvalue weighted by molar-refractivity contribution is 0.112. The van der Waals surface area contributed by atoms with Crippen molar-refractivity contribution in [2.75, 3.05) is 14.2 Å². The van der Waals surface area contributed by atoms with Gasteiger partial charge >= 0.3 is 0 Å². The quantitative estimate of drug-likeness (QED) is 0.191. The van der Waals surface area contributed by atoms with E-state index in [1.807, 2.05) is 54.6 Å². The Hall–Kier alpha value is -4.72.